The largest absolute Gasteiger partial charge is 0.505 e. The molecular weight excluding hydrogens is 392 g/mol. The molecule has 1 N–H and O–H groups in total. The van der Waals surface area contributed by atoms with Gasteiger partial charge in [-0.25, -0.2) is 0 Å². The van der Waals surface area contributed by atoms with Crippen molar-refractivity contribution >= 4 is 0 Å². The number of phenolic OH excluding ortho intramolecular Hbond substituents is 1. The number of benzene rings is 1. The van der Waals surface area contributed by atoms with Gasteiger partial charge in [-0.1, -0.05) is 0 Å². The highest BCUT2D eigenvalue weighted by Gasteiger charge is 2.47. The lowest BCUT2D eigenvalue weighted by molar-refractivity contribution is -0.226. The minimum Gasteiger partial charge on any atom is -0.505 e. The maximum atomic E-state index is 14.6. The Morgan fingerprint density at radius 3 is 2.10 bits per heavy atom. The first-order valence-electron chi connectivity index (χ1n) is 10.3. The zero-order valence-electron chi connectivity index (χ0n) is 16.1. The van der Waals surface area contributed by atoms with Crippen molar-refractivity contribution in [1.29, 1.82) is 0 Å². The van der Waals surface area contributed by atoms with E-state index in [2.05, 4.69) is 4.74 Å². The van der Waals surface area contributed by atoms with Crippen LogP contribution < -0.4 is 4.74 Å². The third-order valence-electron chi connectivity index (χ3n) is 6.79. The van der Waals surface area contributed by atoms with E-state index in [9.17, 15) is 17.6 Å². The van der Waals surface area contributed by atoms with Gasteiger partial charge in [-0.2, -0.15) is 17.6 Å². The molecular formula is C21H26F4O4. The van der Waals surface area contributed by atoms with Crippen LogP contribution in [-0.4, -0.2) is 30.2 Å². The number of alkyl halides is 2. The summed E-state index contributed by atoms with van der Waals surface area (Å²) in [5.41, 5.74) is 0. The van der Waals surface area contributed by atoms with Gasteiger partial charge in [0.1, 0.15) is 0 Å². The summed E-state index contributed by atoms with van der Waals surface area (Å²) in [6.07, 6.45) is 1.91. The van der Waals surface area contributed by atoms with Gasteiger partial charge in [-0.15, -0.1) is 0 Å². The molecule has 0 bridgehead atoms. The molecule has 1 aliphatic heterocycles. The van der Waals surface area contributed by atoms with Gasteiger partial charge >= 0.3 is 6.11 Å². The Kier molecular flexibility index (Phi) is 5.68. The molecule has 1 aromatic rings. The van der Waals surface area contributed by atoms with Crippen molar-refractivity contribution in [3.05, 3.63) is 23.8 Å². The molecule has 1 heterocycles. The molecule has 3 fully saturated rings. The van der Waals surface area contributed by atoms with Gasteiger partial charge < -0.3 is 19.3 Å². The Hall–Kier alpha value is -1.54. The fraction of sp³-hybridized carbons (Fsp3) is 0.714. The molecule has 2 aliphatic carbocycles. The van der Waals surface area contributed by atoms with E-state index in [4.69, 9.17) is 14.6 Å². The first kappa shape index (κ1) is 20.7. The van der Waals surface area contributed by atoms with Gasteiger partial charge in [-0.05, 0) is 62.5 Å². The van der Waals surface area contributed by atoms with E-state index in [1.807, 2.05) is 0 Å². The molecule has 0 amide bonds. The van der Waals surface area contributed by atoms with Gasteiger partial charge in [0.2, 0.25) is 11.6 Å². The topological polar surface area (TPSA) is 47.9 Å². The maximum absolute atomic E-state index is 14.6. The summed E-state index contributed by atoms with van der Waals surface area (Å²) in [6, 6.07) is 1.62. The molecule has 2 saturated carbocycles. The molecule has 4 rings (SSSR count). The summed E-state index contributed by atoms with van der Waals surface area (Å²) in [4.78, 5) is 0. The summed E-state index contributed by atoms with van der Waals surface area (Å²) in [5, 5.41) is 9.12. The van der Waals surface area contributed by atoms with Crippen LogP contribution in [0.3, 0.4) is 0 Å². The molecule has 0 radical (unpaired) electrons. The van der Waals surface area contributed by atoms with E-state index >= 15 is 0 Å². The Labute approximate surface area is 167 Å². The van der Waals surface area contributed by atoms with E-state index in [0.717, 1.165) is 37.8 Å². The van der Waals surface area contributed by atoms with Crippen molar-refractivity contribution in [3.8, 4) is 11.5 Å². The first-order chi connectivity index (χ1) is 13.8. The minimum absolute atomic E-state index is 0.272. The Morgan fingerprint density at radius 2 is 1.48 bits per heavy atom. The standard InChI is InChI=1S/C21H26F4O4/c22-18-16(26)5-6-17(19(18)23)29-21(24,25)15-3-1-13(2-4-15)14-7-9-20(10-8-14)27-11-12-28-20/h5-6,13-15,26H,1-4,7-12H2. The van der Waals surface area contributed by atoms with Crippen molar-refractivity contribution in [2.24, 2.45) is 17.8 Å². The van der Waals surface area contributed by atoms with Crippen LogP contribution >= 0.6 is 0 Å². The molecule has 0 unspecified atom stereocenters. The van der Waals surface area contributed by atoms with Crippen molar-refractivity contribution in [1.82, 2.24) is 0 Å². The number of rotatable bonds is 4. The van der Waals surface area contributed by atoms with Crippen LogP contribution in [-0.2, 0) is 9.47 Å². The first-order valence-corrected chi connectivity index (χ1v) is 10.3. The van der Waals surface area contributed by atoms with E-state index in [1.54, 1.807) is 0 Å². The molecule has 1 spiro atoms. The van der Waals surface area contributed by atoms with Crippen LogP contribution in [0.1, 0.15) is 51.4 Å². The second-order valence-corrected chi connectivity index (χ2v) is 8.43. The van der Waals surface area contributed by atoms with Crippen molar-refractivity contribution in [2.45, 2.75) is 63.3 Å². The molecule has 0 atom stereocenters. The minimum atomic E-state index is -3.60. The summed E-state index contributed by atoms with van der Waals surface area (Å²) < 4.78 is 72.4. The lowest BCUT2D eigenvalue weighted by atomic mass is 9.70. The molecule has 4 nitrogen and oxygen atoms in total. The lowest BCUT2D eigenvalue weighted by Gasteiger charge is -2.41. The van der Waals surface area contributed by atoms with E-state index in [0.29, 0.717) is 37.9 Å². The zero-order chi connectivity index (χ0) is 20.6. The molecule has 8 heteroatoms. The van der Waals surface area contributed by atoms with Crippen molar-refractivity contribution < 1.29 is 36.9 Å². The third kappa shape index (κ3) is 4.19. The molecule has 0 aromatic heterocycles. The van der Waals surface area contributed by atoms with Crippen LogP contribution in [0.2, 0.25) is 0 Å². The number of aromatic hydroxyl groups is 1. The van der Waals surface area contributed by atoms with Crippen molar-refractivity contribution in [3.63, 3.8) is 0 Å². The number of hydrogen-bond acceptors (Lipinski definition) is 4. The number of halogens is 4. The van der Waals surface area contributed by atoms with Crippen LogP contribution in [0.5, 0.6) is 11.5 Å². The van der Waals surface area contributed by atoms with Crippen LogP contribution in [0.25, 0.3) is 0 Å². The van der Waals surface area contributed by atoms with Crippen LogP contribution in [0.4, 0.5) is 17.6 Å². The average Bonchev–Trinajstić information content (AvgIpc) is 3.17. The molecule has 1 saturated heterocycles. The summed E-state index contributed by atoms with van der Waals surface area (Å²) >= 11 is 0. The second kappa shape index (κ2) is 7.95. The average molecular weight is 418 g/mol. The van der Waals surface area contributed by atoms with E-state index in [-0.39, 0.29) is 12.8 Å². The second-order valence-electron chi connectivity index (χ2n) is 8.43. The quantitative estimate of drug-likeness (QED) is 0.667. The van der Waals surface area contributed by atoms with Gasteiger partial charge in [-0.3, -0.25) is 0 Å². The summed E-state index contributed by atoms with van der Waals surface area (Å²) in [5.74, 6) is -5.64. The third-order valence-corrected chi connectivity index (χ3v) is 6.79. The Bertz CT molecular complexity index is 718. The normalized spacial score (nSPS) is 28.0. The van der Waals surface area contributed by atoms with Crippen molar-refractivity contribution in [2.75, 3.05) is 13.2 Å². The smallest absolute Gasteiger partial charge is 0.400 e. The summed E-state index contributed by atoms with van der Waals surface area (Å²) in [7, 11) is 0. The number of phenols is 1. The van der Waals surface area contributed by atoms with E-state index < -0.39 is 40.9 Å². The molecule has 162 valence electrons. The van der Waals surface area contributed by atoms with Gasteiger partial charge in [0, 0.05) is 12.8 Å². The summed E-state index contributed by atoms with van der Waals surface area (Å²) in [6.45, 7) is 1.27. The predicted octanol–water partition coefficient (Wildman–Crippen LogP) is 5.38. The van der Waals surface area contributed by atoms with Gasteiger partial charge in [0.15, 0.2) is 17.3 Å². The predicted molar refractivity (Wildman–Crippen MR) is 95.6 cm³/mol. The highest BCUT2D eigenvalue weighted by molar-refractivity contribution is 5.34. The molecule has 29 heavy (non-hydrogen) atoms. The van der Waals surface area contributed by atoms with Gasteiger partial charge in [0.25, 0.3) is 0 Å². The monoisotopic (exact) mass is 418 g/mol. The maximum Gasteiger partial charge on any atom is 0.400 e. The highest BCUT2D eigenvalue weighted by atomic mass is 19.3. The number of hydrogen-bond donors (Lipinski definition) is 1. The fourth-order valence-electron chi connectivity index (χ4n) is 5.09. The fourth-order valence-corrected chi connectivity index (χ4v) is 5.09. The Morgan fingerprint density at radius 1 is 0.897 bits per heavy atom. The van der Waals surface area contributed by atoms with Crippen LogP contribution in [0.15, 0.2) is 12.1 Å². The molecule has 3 aliphatic rings. The Balaban J connectivity index is 1.31. The SMILES string of the molecule is Oc1ccc(OC(F)(F)C2CCC(C3CCC4(CC3)OCCO4)CC2)c(F)c1F. The molecule has 1 aromatic carbocycles. The van der Waals surface area contributed by atoms with E-state index in [1.165, 1.54) is 0 Å². The van der Waals surface area contributed by atoms with Gasteiger partial charge in [0.05, 0.1) is 19.1 Å². The number of ether oxygens (including phenoxy) is 3. The zero-order valence-corrected chi connectivity index (χ0v) is 16.1. The highest BCUT2D eigenvalue weighted by Crippen LogP contribution is 2.47. The van der Waals surface area contributed by atoms with Crippen LogP contribution in [0, 0.1) is 29.4 Å². The lowest BCUT2D eigenvalue weighted by Crippen LogP contribution is -2.40.